The van der Waals surface area contributed by atoms with E-state index in [4.69, 9.17) is 10.8 Å². The number of carboxylic acid groups (broad SMARTS) is 1. The first kappa shape index (κ1) is 8.61. The van der Waals surface area contributed by atoms with E-state index in [0.717, 1.165) is 0 Å². The third kappa shape index (κ3) is 1.40. The van der Waals surface area contributed by atoms with Crippen molar-refractivity contribution in [1.82, 2.24) is 9.97 Å². The molecule has 1 aromatic rings. The first-order valence-electron chi connectivity index (χ1n) is 3.33. The standard InChI is InChI=1S/C7H9N3O2/c1-7(8,6(11)12)5-2-9-4-10-3-5/h2-4H,8H2,1H3,(H,11,12). The third-order valence-corrected chi connectivity index (χ3v) is 1.60. The first-order valence-corrected chi connectivity index (χ1v) is 3.33. The summed E-state index contributed by atoms with van der Waals surface area (Å²) in [5.41, 5.74) is 4.47. The van der Waals surface area contributed by atoms with Crippen LogP contribution in [-0.2, 0) is 10.3 Å². The minimum absolute atomic E-state index is 0.387. The van der Waals surface area contributed by atoms with Gasteiger partial charge in [-0.3, -0.25) is 0 Å². The lowest BCUT2D eigenvalue weighted by Gasteiger charge is -2.17. The van der Waals surface area contributed by atoms with E-state index in [1.54, 1.807) is 0 Å². The number of carbonyl (C=O) groups is 1. The second kappa shape index (κ2) is 2.86. The normalized spacial score (nSPS) is 15.2. The van der Waals surface area contributed by atoms with Gasteiger partial charge in [-0.25, -0.2) is 14.8 Å². The Balaban J connectivity index is 3.06. The molecular weight excluding hydrogens is 158 g/mol. The van der Waals surface area contributed by atoms with Gasteiger partial charge in [0.25, 0.3) is 0 Å². The van der Waals surface area contributed by atoms with Crippen LogP contribution >= 0.6 is 0 Å². The molecule has 64 valence electrons. The molecule has 0 aliphatic rings. The number of nitrogens with zero attached hydrogens (tertiary/aromatic N) is 2. The lowest BCUT2D eigenvalue weighted by Crippen LogP contribution is -2.41. The van der Waals surface area contributed by atoms with Gasteiger partial charge in [-0.05, 0) is 6.92 Å². The van der Waals surface area contributed by atoms with Crippen molar-refractivity contribution in [3.8, 4) is 0 Å². The molecule has 0 aliphatic carbocycles. The molecule has 3 N–H and O–H groups in total. The number of aromatic nitrogens is 2. The monoisotopic (exact) mass is 167 g/mol. The van der Waals surface area contributed by atoms with Crippen molar-refractivity contribution in [2.24, 2.45) is 5.73 Å². The fraction of sp³-hybridized carbons (Fsp3) is 0.286. The summed E-state index contributed by atoms with van der Waals surface area (Å²) in [5.74, 6) is -1.10. The molecule has 12 heavy (non-hydrogen) atoms. The maximum Gasteiger partial charge on any atom is 0.328 e. The van der Waals surface area contributed by atoms with Gasteiger partial charge in [0.1, 0.15) is 11.9 Å². The molecule has 0 aliphatic heterocycles. The second-order valence-corrected chi connectivity index (χ2v) is 2.63. The van der Waals surface area contributed by atoms with Gasteiger partial charge in [0, 0.05) is 18.0 Å². The van der Waals surface area contributed by atoms with Crippen LogP contribution < -0.4 is 5.73 Å². The molecule has 1 aromatic heterocycles. The zero-order chi connectivity index (χ0) is 9.19. The Kier molecular flexibility index (Phi) is 2.05. The van der Waals surface area contributed by atoms with Gasteiger partial charge in [0.2, 0.25) is 0 Å². The Labute approximate surface area is 69.3 Å². The molecule has 0 fully saturated rings. The van der Waals surface area contributed by atoms with Crippen molar-refractivity contribution >= 4 is 5.97 Å². The predicted molar refractivity (Wildman–Crippen MR) is 41.2 cm³/mol. The fourth-order valence-corrected chi connectivity index (χ4v) is 0.691. The highest BCUT2D eigenvalue weighted by atomic mass is 16.4. The smallest absolute Gasteiger partial charge is 0.328 e. The lowest BCUT2D eigenvalue weighted by atomic mass is 9.97. The van der Waals surface area contributed by atoms with E-state index in [1.807, 2.05) is 0 Å². The highest BCUT2D eigenvalue weighted by Crippen LogP contribution is 2.14. The number of hydrogen-bond donors (Lipinski definition) is 2. The summed E-state index contributed by atoms with van der Waals surface area (Å²) >= 11 is 0. The van der Waals surface area contributed by atoms with Crippen molar-refractivity contribution in [2.45, 2.75) is 12.5 Å². The minimum atomic E-state index is -1.42. The van der Waals surface area contributed by atoms with Crippen LogP contribution in [0.15, 0.2) is 18.7 Å². The van der Waals surface area contributed by atoms with Crippen LogP contribution in [0.25, 0.3) is 0 Å². The van der Waals surface area contributed by atoms with Crippen LogP contribution in [0.1, 0.15) is 12.5 Å². The molecule has 0 spiro atoms. The van der Waals surface area contributed by atoms with Gasteiger partial charge in [-0.2, -0.15) is 0 Å². The van der Waals surface area contributed by atoms with E-state index in [1.165, 1.54) is 25.6 Å². The molecule has 0 saturated heterocycles. The van der Waals surface area contributed by atoms with Crippen LogP contribution in [0.2, 0.25) is 0 Å². The Morgan fingerprint density at radius 3 is 2.50 bits per heavy atom. The Hall–Kier alpha value is -1.49. The Bertz CT molecular complexity index is 284. The van der Waals surface area contributed by atoms with Crippen LogP contribution in [0.5, 0.6) is 0 Å². The number of hydrogen-bond acceptors (Lipinski definition) is 4. The van der Waals surface area contributed by atoms with Gasteiger partial charge in [-0.1, -0.05) is 0 Å². The molecule has 1 rings (SSSR count). The summed E-state index contributed by atoms with van der Waals surface area (Å²) in [6.07, 6.45) is 4.10. The van der Waals surface area contributed by atoms with Gasteiger partial charge >= 0.3 is 5.97 Å². The van der Waals surface area contributed by atoms with E-state index >= 15 is 0 Å². The summed E-state index contributed by atoms with van der Waals surface area (Å²) in [6.45, 7) is 1.40. The second-order valence-electron chi connectivity index (χ2n) is 2.63. The molecule has 1 unspecified atom stereocenters. The molecule has 1 atom stereocenters. The molecule has 1 heterocycles. The van der Waals surface area contributed by atoms with Gasteiger partial charge in [0.15, 0.2) is 0 Å². The maximum absolute atomic E-state index is 10.6. The number of rotatable bonds is 2. The van der Waals surface area contributed by atoms with Crippen LogP contribution in [0.4, 0.5) is 0 Å². The summed E-state index contributed by atoms with van der Waals surface area (Å²) in [7, 11) is 0. The van der Waals surface area contributed by atoms with Gasteiger partial charge < -0.3 is 10.8 Å². The van der Waals surface area contributed by atoms with Crippen LogP contribution in [-0.4, -0.2) is 21.0 Å². The number of nitrogens with two attached hydrogens (primary N) is 1. The van der Waals surface area contributed by atoms with Crippen molar-refractivity contribution in [1.29, 1.82) is 0 Å². The fourth-order valence-electron chi connectivity index (χ4n) is 0.691. The highest BCUT2D eigenvalue weighted by Gasteiger charge is 2.30. The van der Waals surface area contributed by atoms with Crippen molar-refractivity contribution in [3.63, 3.8) is 0 Å². The lowest BCUT2D eigenvalue weighted by molar-refractivity contribution is -0.143. The van der Waals surface area contributed by atoms with Crippen molar-refractivity contribution in [2.75, 3.05) is 0 Å². The number of aliphatic carboxylic acids is 1. The topological polar surface area (TPSA) is 89.1 Å². The first-order chi connectivity index (χ1) is 5.55. The summed E-state index contributed by atoms with van der Waals surface area (Å²) in [4.78, 5) is 18.0. The molecule has 5 nitrogen and oxygen atoms in total. The van der Waals surface area contributed by atoms with Gasteiger partial charge in [0.05, 0.1) is 0 Å². The Morgan fingerprint density at radius 1 is 1.58 bits per heavy atom. The zero-order valence-electron chi connectivity index (χ0n) is 6.56. The molecule has 0 amide bonds. The van der Waals surface area contributed by atoms with Crippen molar-refractivity contribution < 1.29 is 9.90 Å². The van der Waals surface area contributed by atoms with E-state index in [2.05, 4.69) is 9.97 Å². The molecule has 0 aromatic carbocycles. The van der Waals surface area contributed by atoms with E-state index in [-0.39, 0.29) is 0 Å². The quantitative estimate of drug-likeness (QED) is 0.633. The molecule has 0 bridgehead atoms. The van der Waals surface area contributed by atoms with E-state index in [9.17, 15) is 4.79 Å². The minimum Gasteiger partial charge on any atom is -0.480 e. The SMILES string of the molecule is CC(N)(C(=O)O)c1cncnc1. The van der Waals surface area contributed by atoms with Crippen LogP contribution in [0.3, 0.4) is 0 Å². The maximum atomic E-state index is 10.6. The molecular formula is C7H9N3O2. The number of carboxylic acids is 1. The summed E-state index contributed by atoms with van der Waals surface area (Å²) < 4.78 is 0. The average molecular weight is 167 g/mol. The summed E-state index contributed by atoms with van der Waals surface area (Å²) in [5, 5.41) is 8.71. The van der Waals surface area contributed by atoms with Crippen molar-refractivity contribution in [3.05, 3.63) is 24.3 Å². The summed E-state index contributed by atoms with van der Waals surface area (Å²) in [6, 6.07) is 0. The zero-order valence-corrected chi connectivity index (χ0v) is 6.56. The molecule has 0 radical (unpaired) electrons. The molecule has 5 heteroatoms. The molecule has 0 saturated carbocycles. The average Bonchev–Trinajstić information content (AvgIpc) is 2.06. The van der Waals surface area contributed by atoms with E-state index < -0.39 is 11.5 Å². The Morgan fingerprint density at radius 2 is 2.08 bits per heavy atom. The highest BCUT2D eigenvalue weighted by molar-refractivity contribution is 5.79. The van der Waals surface area contributed by atoms with Gasteiger partial charge in [-0.15, -0.1) is 0 Å². The van der Waals surface area contributed by atoms with E-state index in [0.29, 0.717) is 5.56 Å². The van der Waals surface area contributed by atoms with Crippen LogP contribution in [0, 0.1) is 0 Å². The predicted octanol–water partition coefficient (Wildman–Crippen LogP) is -0.265. The third-order valence-electron chi connectivity index (χ3n) is 1.60. The largest absolute Gasteiger partial charge is 0.480 e.